The van der Waals surface area contributed by atoms with Crippen molar-refractivity contribution in [2.45, 2.75) is 12.5 Å². The lowest BCUT2D eigenvalue weighted by atomic mass is 10.0. The highest BCUT2D eigenvalue weighted by Gasteiger charge is 2.30. The lowest BCUT2D eigenvalue weighted by Crippen LogP contribution is -2.33. The molecule has 0 saturated heterocycles. The van der Waals surface area contributed by atoms with Crippen LogP contribution in [0.5, 0.6) is 5.75 Å². The Bertz CT molecular complexity index is 729. The van der Waals surface area contributed by atoms with Crippen LogP contribution >= 0.6 is 0 Å². The highest BCUT2D eigenvalue weighted by Crippen LogP contribution is 2.31. The van der Waals surface area contributed by atoms with Gasteiger partial charge in [-0.15, -0.1) is 6.58 Å². The molecule has 3 rings (SSSR count). The minimum absolute atomic E-state index is 0.241. The van der Waals surface area contributed by atoms with Crippen LogP contribution in [0.1, 0.15) is 23.6 Å². The predicted molar refractivity (Wildman–Crippen MR) is 104 cm³/mol. The molecule has 0 aliphatic rings. The van der Waals surface area contributed by atoms with Crippen LogP contribution in [0.15, 0.2) is 103 Å². The van der Waals surface area contributed by atoms with Crippen molar-refractivity contribution >= 4 is 9.04 Å². The van der Waals surface area contributed by atoms with Gasteiger partial charge in [0.05, 0.1) is 0 Å². The van der Waals surface area contributed by atoms with Gasteiger partial charge < -0.3 is 4.43 Å². The van der Waals surface area contributed by atoms with Gasteiger partial charge in [-0.25, -0.2) is 0 Å². The van der Waals surface area contributed by atoms with E-state index < -0.39 is 9.04 Å². The zero-order valence-electron chi connectivity index (χ0n) is 13.9. The van der Waals surface area contributed by atoms with E-state index in [1.165, 1.54) is 11.1 Å². The van der Waals surface area contributed by atoms with Crippen LogP contribution in [0.25, 0.3) is 0 Å². The van der Waals surface area contributed by atoms with Crippen molar-refractivity contribution in [2.75, 3.05) is 0 Å². The second kappa shape index (κ2) is 7.80. The van der Waals surface area contributed by atoms with Crippen LogP contribution in [-0.4, -0.2) is 9.04 Å². The third-order valence-corrected chi connectivity index (χ3v) is 6.98. The topological polar surface area (TPSA) is 9.23 Å². The number of rotatable bonds is 6. The van der Waals surface area contributed by atoms with Gasteiger partial charge in [-0.05, 0) is 30.2 Å². The summed E-state index contributed by atoms with van der Waals surface area (Å²) in [5, 5.41) is 1.15. The van der Waals surface area contributed by atoms with E-state index in [-0.39, 0.29) is 5.54 Å². The van der Waals surface area contributed by atoms with Crippen LogP contribution in [0, 0.1) is 0 Å². The van der Waals surface area contributed by atoms with Gasteiger partial charge in [-0.2, -0.15) is 0 Å². The van der Waals surface area contributed by atoms with Crippen LogP contribution in [0.2, 0.25) is 0 Å². The van der Waals surface area contributed by atoms with Gasteiger partial charge >= 0.3 is 0 Å². The molecule has 0 radical (unpaired) electrons. The highest BCUT2D eigenvalue weighted by molar-refractivity contribution is 6.63. The molecule has 0 spiro atoms. The van der Waals surface area contributed by atoms with Crippen molar-refractivity contribution in [1.29, 1.82) is 0 Å². The normalized spacial score (nSPS) is 11.9. The zero-order chi connectivity index (χ0) is 16.8. The molecule has 1 nitrogen and oxygen atoms in total. The second-order valence-electron chi connectivity index (χ2n) is 6.00. The molecule has 3 aromatic rings. The largest absolute Gasteiger partial charge is 0.541 e. The van der Waals surface area contributed by atoms with Crippen LogP contribution in [0.4, 0.5) is 0 Å². The number of hydrogen-bond donors (Lipinski definition) is 0. The van der Waals surface area contributed by atoms with Crippen LogP contribution in [-0.2, 0) is 0 Å². The Labute approximate surface area is 146 Å². The fourth-order valence-corrected chi connectivity index (χ4v) is 5.46. The maximum Gasteiger partial charge on any atom is 0.274 e. The van der Waals surface area contributed by atoms with Crippen molar-refractivity contribution in [3.05, 3.63) is 114 Å². The van der Waals surface area contributed by atoms with Crippen LogP contribution in [0.3, 0.4) is 0 Å². The van der Waals surface area contributed by atoms with E-state index >= 15 is 0 Å². The summed E-state index contributed by atoms with van der Waals surface area (Å²) in [6.45, 7) is 6.36. The van der Waals surface area contributed by atoms with Gasteiger partial charge in [0.2, 0.25) is 0 Å². The van der Waals surface area contributed by atoms with Gasteiger partial charge in [-0.1, -0.05) is 84.1 Å². The minimum Gasteiger partial charge on any atom is -0.541 e. The average Bonchev–Trinajstić information content (AvgIpc) is 2.64. The summed E-state index contributed by atoms with van der Waals surface area (Å²) < 4.78 is 6.49. The van der Waals surface area contributed by atoms with Crippen molar-refractivity contribution in [3.63, 3.8) is 0 Å². The molecule has 3 aromatic carbocycles. The van der Waals surface area contributed by atoms with E-state index in [0.29, 0.717) is 0 Å². The number of benzene rings is 3. The summed E-state index contributed by atoms with van der Waals surface area (Å²) in [5.41, 5.74) is 2.82. The maximum absolute atomic E-state index is 6.49. The summed E-state index contributed by atoms with van der Waals surface area (Å²) >= 11 is 0. The van der Waals surface area contributed by atoms with Crippen LogP contribution < -0.4 is 4.43 Å². The molecule has 0 aliphatic heterocycles. The summed E-state index contributed by atoms with van der Waals surface area (Å²) in [6, 6.07) is 31.3. The molecule has 1 unspecified atom stereocenters. The highest BCUT2D eigenvalue weighted by atomic mass is 28.3. The molecular formula is C22H22OSi. The van der Waals surface area contributed by atoms with Crippen molar-refractivity contribution in [1.82, 2.24) is 0 Å². The van der Waals surface area contributed by atoms with Gasteiger partial charge in [0.25, 0.3) is 9.04 Å². The molecule has 0 saturated carbocycles. The van der Waals surface area contributed by atoms with Crippen molar-refractivity contribution in [3.8, 4) is 5.75 Å². The van der Waals surface area contributed by atoms with Crippen molar-refractivity contribution < 1.29 is 4.43 Å². The number of hydrogen-bond acceptors (Lipinski definition) is 1. The molecule has 0 aliphatic carbocycles. The molecule has 0 amide bonds. The molecule has 120 valence electrons. The Morgan fingerprint density at radius 3 is 1.58 bits per heavy atom. The summed E-state index contributed by atoms with van der Waals surface area (Å²) in [7, 11) is -1.80. The number of allylic oxidation sites excluding steroid dienone is 1. The Morgan fingerprint density at radius 1 is 0.750 bits per heavy atom. The lowest BCUT2D eigenvalue weighted by Gasteiger charge is -2.28. The van der Waals surface area contributed by atoms with E-state index in [1.54, 1.807) is 0 Å². The summed E-state index contributed by atoms with van der Waals surface area (Å²) in [4.78, 5) is 0. The van der Waals surface area contributed by atoms with Gasteiger partial charge in [0.15, 0.2) is 0 Å². The minimum atomic E-state index is -1.80. The molecule has 1 atom stereocenters. The second-order valence-corrected chi connectivity index (χ2v) is 8.73. The average molecular weight is 331 g/mol. The predicted octanol–water partition coefficient (Wildman–Crippen LogP) is 5.28. The van der Waals surface area contributed by atoms with E-state index in [0.717, 1.165) is 10.9 Å². The maximum atomic E-state index is 6.49. The quantitative estimate of drug-likeness (QED) is 0.559. The van der Waals surface area contributed by atoms with Gasteiger partial charge in [-0.3, -0.25) is 0 Å². The first-order valence-electron chi connectivity index (χ1n) is 8.22. The SMILES string of the molecule is C=C(C)[SiH](Oc1ccccc1)C(c1ccccc1)c1ccccc1. The Kier molecular flexibility index (Phi) is 5.29. The molecule has 0 heterocycles. The molecule has 24 heavy (non-hydrogen) atoms. The number of para-hydroxylation sites is 1. The molecule has 0 aromatic heterocycles. The molecule has 0 bridgehead atoms. The van der Waals surface area contributed by atoms with Gasteiger partial charge in [0.1, 0.15) is 5.75 Å². The van der Waals surface area contributed by atoms with E-state index in [9.17, 15) is 0 Å². The summed E-state index contributed by atoms with van der Waals surface area (Å²) in [5.74, 6) is 0.925. The van der Waals surface area contributed by atoms with E-state index in [4.69, 9.17) is 4.43 Å². The third kappa shape index (κ3) is 3.84. The lowest BCUT2D eigenvalue weighted by molar-refractivity contribution is 0.564. The Hall–Kier alpha value is -2.58. The van der Waals surface area contributed by atoms with E-state index in [2.05, 4.69) is 74.2 Å². The first-order chi connectivity index (χ1) is 11.8. The first-order valence-corrected chi connectivity index (χ1v) is 9.94. The third-order valence-electron chi connectivity index (χ3n) is 4.11. The Balaban J connectivity index is 2.03. The molecule has 2 heteroatoms. The fraction of sp³-hybridized carbons (Fsp3) is 0.0909. The summed E-state index contributed by atoms with van der Waals surface area (Å²) in [6.07, 6.45) is 0. The fourth-order valence-electron chi connectivity index (χ4n) is 2.96. The first kappa shape index (κ1) is 16.3. The smallest absolute Gasteiger partial charge is 0.274 e. The van der Waals surface area contributed by atoms with Gasteiger partial charge in [0, 0.05) is 5.54 Å². The zero-order valence-corrected chi connectivity index (χ0v) is 15.1. The Morgan fingerprint density at radius 2 is 1.17 bits per heavy atom. The van der Waals surface area contributed by atoms with E-state index in [1.807, 2.05) is 30.3 Å². The molecular weight excluding hydrogens is 308 g/mol. The molecule has 0 fully saturated rings. The molecule has 0 N–H and O–H groups in total. The monoisotopic (exact) mass is 330 g/mol. The van der Waals surface area contributed by atoms with Crippen molar-refractivity contribution in [2.24, 2.45) is 0 Å². The standard InChI is InChI=1S/C22H22OSi/c1-18(2)24(23-21-16-10-5-11-17-21)22(19-12-6-3-7-13-19)20-14-8-4-9-15-20/h3-17,22,24H,1H2,2H3.